The van der Waals surface area contributed by atoms with Crippen LogP contribution in [0.15, 0.2) is 22.8 Å². The van der Waals surface area contributed by atoms with E-state index in [1.807, 2.05) is 26.0 Å². The standard InChI is InChI=1S/C12H22N2O3S/c1-3-12(9-13)18(15,16)14-10(2)6-7-11-5-4-8-17-11/h4-5,8,10,12,14H,3,6-7,9,13H2,1-2H3. The van der Waals surface area contributed by atoms with Crippen LogP contribution in [0.25, 0.3) is 0 Å². The third-order valence-corrected chi connectivity index (χ3v) is 5.06. The summed E-state index contributed by atoms with van der Waals surface area (Å²) in [5.41, 5.74) is 5.46. The summed E-state index contributed by atoms with van der Waals surface area (Å²) in [7, 11) is -3.32. The molecule has 0 aliphatic heterocycles. The van der Waals surface area contributed by atoms with Crippen LogP contribution in [0.1, 0.15) is 32.4 Å². The van der Waals surface area contributed by atoms with Crippen LogP contribution in [0.4, 0.5) is 0 Å². The van der Waals surface area contributed by atoms with E-state index >= 15 is 0 Å². The topological polar surface area (TPSA) is 85.3 Å². The van der Waals surface area contributed by atoms with E-state index < -0.39 is 15.3 Å². The Hall–Kier alpha value is -0.850. The molecule has 0 fully saturated rings. The van der Waals surface area contributed by atoms with Gasteiger partial charge in [-0.25, -0.2) is 13.1 Å². The van der Waals surface area contributed by atoms with Crippen molar-refractivity contribution in [2.45, 2.75) is 44.4 Å². The molecule has 0 radical (unpaired) electrons. The lowest BCUT2D eigenvalue weighted by Gasteiger charge is -2.18. The second-order valence-corrected chi connectivity index (χ2v) is 6.44. The first-order valence-electron chi connectivity index (χ1n) is 6.23. The molecule has 0 aliphatic carbocycles. The van der Waals surface area contributed by atoms with E-state index in [2.05, 4.69) is 4.72 Å². The normalized spacial score (nSPS) is 15.5. The van der Waals surface area contributed by atoms with Crippen LogP contribution in [0.5, 0.6) is 0 Å². The van der Waals surface area contributed by atoms with Gasteiger partial charge < -0.3 is 10.2 Å². The van der Waals surface area contributed by atoms with Gasteiger partial charge in [0.1, 0.15) is 5.76 Å². The number of hydrogen-bond donors (Lipinski definition) is 2. The molecule has 104 valence electrons. The van der Waals surface area contributed by atoms with Gasteiger partial charge in [-0.1, -0.05) is 6.92 Å². The maximum atomic E-state index is 12.0. The summed E-state index contributed by atoms with van der Waals surface area (Å²) in [6.45, 7) is 3.82. The van der Waals surface area contributed by atoms with Crippen LogP contribution >= 0.6 is 0 Å². The van der Waals surface area contributed by atoms with Gasteiger partial charge in [-0.2, -0.15) is 0 Å². The quantitative estimate of drug-likeness (QED) is 0.747. The Labute approximate surface area is 109 Å². The summed E-state index contributed by atoms with van der Waals surface area (Å²) in [4.78, 5) is 0. The second-order valence-electron chi connectivity index (χ2n) is 4.45. The van der Waals surface area contributed by atoms with Gasteiger partial charge in [0.05, 0.1) is 11.5 Å². The molecule has 0 spiro atoms. The minimum atomic E-state index is -3.32. The predicted molar refractivity (Wildman–Crippen MR) is 71.7 cm³/mol. The van der Waals surface area contributed by atoms with Crippen LogP contribution in [-0.2, 0) is 16.4 Å². The van der Waals surface area contributed by atoms with Gasteiger partial charge in [-0.3, -0.25) is 0 Å². The molecule has 0 bridgehead atoms. The summed E-state index contributed by atoms with van der Waals surface area (Å²) < 4.78 is 31.8. The first-order chi connectivity index (χ1) is 8.49. The second kappa shape index (κ2) is 6.92. The molecule has 1 heterocycles. The van der Waals surface area contributed by atoms with Crippen molar-refractivity contribution in [3.05, 3.63) is 24.2 Å². The van der Waals surface area contributed by atoms with Crippen LogP contribution < -0.4 is 10.5 Å². The maximum absolute atomic E-state index is 12.0. The molecule has 0 aliphatic rings. The van der Waals surface area contributed by atoms with E-state index in [1.165, 1.54) is 0 Å². The van der Waals surface area contributed by atoms with E-state index in [0.717, 1.165) is 12.2 Å². The average Bonchev–Trinajstić information content (AvgIpc) is 2.79. The Morgan fingerprint density at radius 3 is 2.72 bits per heavy atom. The maximum Gasteiger partial charge on any atom is 0.215 e. The van der Waals surface area contributed by atoms with Crippen LogP contribution in [0.3, 0.4) is 0 Å². The molecule has 1 aromatic heterocycles. The molecule has 5 nitrogen and oxygen atoms in total. The van der Waals surface area contributed by atoms with E-state index in [1.54, 1.807) is 6.26 Å². The molecule has 0 aromatic carbocycles. The highest BCUT2D eigenvalue weighted by Gasteiger charge is 2.23. The largest absolute Gasteiger partial charge is 0.469 e. The predicted octanol–water partition coefficient (Wildman–Crippen LogP) is 1.26. The number of nitrogens with one attached hydrogen (secondary N) is 1. The summed E-state index contributed by atoms with van der Waals surface area (Å²) in [5.74, 6) is 0.868. The van der Waals surface area contributed by atoms with E-state index in [0.29, 0.717) is 12.8 Å². The minimum absolute atomic E-state index is 0.124. The Balaban J connectivity index is 2.46. The van der Waals surface area contributed by atoms with Gasteiger partial charge in [0.25, 0.3) is 0 Å². The van der Waals surface area contributed by atoms with Crippen molar-refractivity contribution in [2.24, 2.45) is 5.73 Å². The molecular formula is C12H22N2O3S. The Kier molecular flexibility index (Phi) is 5.84. The summed E-state index contributed by atoms with van der Waals surface area (Å²) in [5, 5.41) is -0.511. The van der Waals surface area contributed by atoms with Gasteiger partial charge in [0.2, 0.25) is 10.0 Å². The monoisotopic (exact) mass is 274 g/mol. The van der Waals surface area contributed by atoms with Crippen LogP contribution in [0.2, 0.25) is 0 Å². The SMILES string of the molecule is CCC(CN)S(=O)(=O)NC(C)CCc1ccco1. The number of nitrogens with two attached hydrogens (primary N) is 1. The van der Waals surface area contributed by atoms with Gasteiger partial charge in [-0.15, -0.1) is 0 Å². The zero-order chi connectivity index (χ0) is 13.6. The average molecular weight is 274 g/mol. The molecule has 2 atom stereocenters. The van der Waals surface area contributed by atoms with Gasteiger partial charge in [0, 0.05) is 19.0 Å². The van der Waals surface area contributed by atoms with Gasteiger partial charge >= 0.3 is 0 Å². The zero-order valence-corrected chi connectivity index (χ0v) is 11.7. The van der Waals surface area contributed by atoms with Crippen molar-refractivity contribution in [1.82, 2.24) is 4.72 Å². The molecule has 1 aromatic rings. The number of sulfonamides is 1. The third-order valence-electron chi connectivity index (χ3n) is 2.93. The Morgan fingerprint density at radius 1 is 1.50 bits per heavy atom. The number of rotatable bonds is 8. The summed E-state index contributed by atoms with van der Waals surface area (Å²) in [6, 6.07) is 3.59. The molecular weight excluding hydrogens is 252 g/mol. The van der Waals surface area contributed by atoms with Crippen LogP contribution in [-0.4, -0.2) is 26.3 Å². The lowest BCUT2D eigenvalue weighted by molar-refractivity contribution is 0.478. The Bertz CT molecular complexity index is 424. The fourth-order valence-corrected chi connectivity index (χ4v) is 3.33. The molecule has 6 heteroatoms. The Morgan fingerprint density at radius 2 is 2.22 bits per heavy atom. The van der Waals surface area contributed by atoms with Crippen molar-refractivity contribution < 1.29 is 12.8 Å². The molecule has 3 N–H and O–H groups in total. The number of aryl methyl sites for hydroxylation is 1. The fourth-order valence-electron chi connectivity index (χ4n) is 1.76. The lowest BCUT2D eigenvalue weighted by Crippen LogP contribution is -2.42. The van der Waals surface area contributed by atoms with Crippen molar-refractivity contribution in [2.75, 3.05) is 6.54 Å². The highest BCUT2D eigenvalue weighted by Crippen LogP contribution is 2.09. The zero-order valence-electron chi connectivity index (χ0n) is 10.9. The molecule has 2 unspecified atom stereocenters. The highest BCUT2D eigenvalue weighted by atomic mass is 32.2. The minimum Gasteiger partial charge on any atom is -0.469 e. The lowest BCUT2D eigenvalue weighted by atomic mass is 10.2. The van der Waals surface area contributed by atoms with Gasteiger partial charge in [0.15, 0.2) is 0 Å². The van der Waals surface area contributed by atoms with E-state index in [9.17, 15) is 8.42 Å². The molecule has 0 saturated carbocycles. The van der Waals surface area contributed by atoms with Crippen molar-refractivity contribution in [1.29, 1.82) is 0 Å². The number of hydrogen-bond acceptors (Lipinski definition) is 4. The van der Waals surface area contributed by atoms with Crippen molar-refractivity contribution in [3.63, 3.8) is 0 Å². The fraction of sp³-hybridized carbons (Fsp3) is 0.667. The molecule has 1 rings (SSSR count). The first-order valence-corrected chi connectivity index (χ1v) is 7.77. The van der Waals surface area contributed by atoms with E-state index in [-0.39, 0.29) is 12.6 Å². The third kappa shape index (κ3) is 4.44. The molecule has 0 amide bonds. The molecule has 0 saturated heterocycles. The van der Waals surface area contributed by atoms with Crippen molar-refractivity contribution >= 4 is 10.0 Å². The summed E-state index contributed by atoms with van der Waals surface area (Å²) in [6.07, 6.45) is 3.56. The number of furan rings is 1. The van der Waals surface area contributed by atoms with Crippen LogP contribution in [0, 0.1) is 0 Å². The van der Waals surface area contributed by atoms with Crippen molar-refractivity contribution in [3.8, 4) is 0 Å². The van der Waals surface area contributed by atoms with E-state index in [4.69, 9.17) is 10.2 Å². The first kappa shape index (κ1) is 15.2. The van der Waals surface area contributed by atoms with Gasteiger partial charge in [-0.05, 0) is 31.9 Å². The summed E-state index contributed by atoms with van der Waals surface area (Å²) >= 11 is 0. The highest BCUT2D eigenvalue weighted by molar-refractivity contribution is 7.90. The smallest absolute Gasteiger partial charge is 0.215 e. The molecule has 18 heavy (non-hydrogen) atoms.